The van der Waals surface area contributed by atoms with Gasteiger partial charge in [0, 0.05) is 92.1 Å². The maximum Gasteiger partial charge on any atom is 0.258 e. The third kappa shape index (κ3) is 24.6. The fourth-order valence-electron chi connectivity index (χ4n) is 12.0. The van der Waals surface area contributed by atoms with Gasteiger partial charge in [-0.15, -0.1) is 0 Å². The first-order chi connectivity index (χ1) is 53.4. The molecule has 0 bridgehead atoms. The molecular formula is C98H126N14O. The van der Waals surface area contributed by atoms with Crippen LogP contribution in [0.25, 0.3) is 76.6 Å². The van der Waals surface area contributed by atoms with Crippen LogP contribution in [0.4, 0.5) is 0 Å². The molecule has 113 heavy (non-hydrogen) atoms. The second-order valence-electron chi connectivity index (χ2n) is 34.1. The molecule has 10 heterocycles. The predicted octanol–water partition coefficient (Wildman–Crippen LogP) is 26.4. The van der Waals surface area contributed by atoms with E-state index in [1.165, 1.54) is 44.4 Å². The Morgan fingerprint density at radius 1 is 0.212 bits per heavy atom. The van der Waals surface area contributed by atoms with Crippen LogP contribution >= 0.6 is 0 Å². The Morgan fingerprint density at radius 3 is 0.947 bits per heavy atom. The highest BCUT2D eigenvalue weighted by atomic mass is 16.1. The number of nitrogens with one attached hydrogen (secondary N) is 1. The lowest BCUT2D eigenvalue weighted by Gasteiger charge is -2.09. The summed E-state index contributed by atoms with van der Waals surface area (Å²) in [6.45, 7) is 60.1. The van der Waals surface area contributed by atoms with E-state index in [4.69, 9.17) is 0 Å². The molecule has 10 aromatic heterocycles. The molecule has 15 heteroatoms. The van der Waals surface area contributed by atoms with Crippen molar-refractivity contribution in [2.24, 2.45) is 0 Å². The maximum atomic E-state index is 12.0. The lowest BCUT2D eigenvalue weighted by Crippen LogP contribution is -2.13. The number of benzene rings is 4. The summed E-state index contributed by atoms with van der Waals surface area (Å²) in [4.78, 5) is 73.4. The minimum atomic E-state index is -0.0806. The van der Waals surface area contributed by atoms with Crippen LogP contribution in [-0.4, -0.2) is 69.8 Å². The van der Waals surface area contributed by atoms with Gasteiger partial charge in [0.25, 0.3) is 5.56 Å². The Hall–Kier alpha value is -10.3. The zero-order valence-electron chi connectivity index (χ0n) is 72.9. The third-order valence-corrected chi connectivity index (χ3v) is 19.8. The van der Waals surface area contributed by atoms with Crippen LogP contribution in [0.3, 0.4) is 0 Å². The molecule has 0 amide bonds. The molecule has 0 spiro atoms. The van der Waals surface area contributed by atoms with Crippen molar-refractivity contribution in [1.82, 2.24) is 69.8 Å². The molecule has 4 aromatic carbocycles. The number of pyridine rings is 6. The summed E-state index contributed by atoms with van der Waals surface area (Å²) in [5.41, 5.74) is 21.9. The molecule has 0 fully saturated rings. The number of aromatic nitrogens is 14. The molecular weight excluding hydrogens is 1390 g/mol. The quantitative estimate of drug-likeness (QED) is 0.108. The molecule has 0 saturated carbocycles. The second-order valence-corrected chi connectivity index (χ2v) is 34.1. The minimum absolute atomic E-state index is 0.0806. The van der Waals surface area contributed by atoms with Crippen molar-refractivity contribution in [1.29, 1.82) is 0 Å². The van der Waals surface area contributed by atoms with Crippen molar-refractivity contribution in [2.75, 3.05) is 0 Å². The lowest BCUT2D eigenvalue weighted by molar-refractivity contribution is 0.774. The van der Waals surface area contributed by atoms with Crippen LogP contribution in [0.5, 0.6) is 0 Å². The molecule has 594 valence electrons. The van der Waals surface area contributed by atoms with Crippen molar-refractivity contribution < 1.29 is 0 Å². The minimum Gasteiger partial charge on any atom is -0.310 e. The molecule has 14 aromatic rings. The first-order valence-electron chi connectivity index (χ1n) is 41.1. The van der Waals surface area contributed by atoms with E-state index >= 15 is 0 Å². The standard InChI is InChI=1S/2C15H19N.3C14H18N2.C13H17N3O.C13H17N3/c2*1-10(2)12-5-8-15-13(9-12)6-7-14(16-15)11(3)4;1-9(2)11-5-7-14-13(15-11)8-6-12(16-14)10(3)4;1-9(2)11-5-6-13-12(7-11)8-15-14(16-13)10(3)4;1-9(2)11-5-6-12-13(7-11)15-8-14(16-12)10(3)4;1-7(2)10-5-9-11(6-14-10)15-12(8(3)4)16-13(9)17;1-8(2)11-5-10-6-15-13(9(3)4)16-12(10)7-14-11/h2*5-11H,1-4H3;3*5-10H,1-4H3;5-8H,1-4H3,(H,15,16,17);5-9H,1-4H3. The summed E-state index contributed by atoms with van der Waals surface area (Å²) in [5.74, 6) is 8.80. The van der Waals surface area contributed by atoms with Crippen LogP contribution in [0, 0.1) is 0 Å². The highest BCUT2D eigenvalue weighted by molar-refractivity contribution is 5.82. The number of rotatable bonds is 14. The smallest absolute Gasteiger partial charge is 0.258 e. The summed E-state index contributed by atoms with van der Waals surface area (Å²) in [5, 5.41) is 5.32. The summed E-state index contributed by atoms with van der Waals surface area (Å²) in [6, 6.07) is 46.8. The van der Waals surface area contributed by atoms with Crippen LogP contribution in [-0.2, 0) is 0 Å². The average Bonchev–Trinajstić information content (AvgIpc) is 0.451. The van der Waals surface area contributed by atoms with Crippen LogP contribution in [0.1, 0.15) is 356 Å². The maximum absolute atomic E-state index is 12.0. The average molecular weight is 1520 g/mol. The SMILES string of the molecule is CC(C)c1cc2c(=O)[nH]c(C(C)C)nc2cn1.CC(C)c1cc2cnc(C(C)C)nc2cn1.CC(C)c1ccc2nc(C(C)C)ccc2c1.CC(C)c1ccc2nc(C(C)C)ccc2c1.CC(C)c1ccc2nc(C(C)C)ccc2n1.CC(C)c1ccc2nc(C(C)C)cnc2c1.CC(C)c1ccc2nc(C(C)C)ncc2c1. The van der Waals surface area contributed by atoms with Gasteiger partial charge in [0.15, 0.2) is 0 Å². The van der Waals surface area contributed by atoms with Gasteiger partial charge in [-0.25, -0.2) is 29.9 Å². The molecule has 0 radical (unpaired) electrons. The zero-order chi connectivity index (χ0) is 82.8. The summed E-state index contributed by atoms with van der Waals surface area (Å²) >= 11 is 0. The highest BCUT2D eigenvalue weighted by Gasteiger charge is 2.15. The van der Waals surface area contributed by atoms with Crippen molar-refractivity contribution in [3.63, 3.8) is 0 Å². The molecule has 0 atom stereocenters. The first-order valence-corrected chi connectivity index (χ1v) is 41.1. The van der Waals surface area contributed by atoms with E-state index in [-0.39, 0.29) is 11.5 Å². The summed E-state index contributed by atoms with van der Waals surface area (Å²) in [7, 11) is 0. The van der Waals surface area contributed by atoms with Gasteiger partial charge in [0.05, 0.1) is 73.1 Å². The summed E-state index contributed by atoms with van der Waals surface area (Å²) < 4.78 is 0. The molecule has 0 unspecified atom stereocenters. The molecule has 0 aliphatic carbocycles. The second kappa shape index (κ2) is 40.5. The predicted molar refractivity (Wildman–Crippen MR) is 477 cm³/mol. The molecule has 1 N–H and O–H groups in total. The number of H-pyrrole nitrogens is 1. The van der Waals surface area contributed by atoms with E-state index in [9.17, 15) is 4.79 Å². The molecule has 15 nitrogen and oxygen atoms in total. The topological polar surface area (TPSA) is 200 Å². The molecule has 14 rings (SSSR count). The normalized spacial score (nSPS) is 11.6. The van der Waals surface area contributed by atoms with E-state index < -0.39 is 0 Å². The highest BCUT2D eigenvalue weighted by Crippen LogP contribution is 2.29. The molecule has 0 aliphatic rings. The van der Waals surface area contributed by atoms with E-state index in [1.807, 2.05) is 44.7 Å². The van der Waals surface area contributed by atoms with Crippen LogP contribution in [0.2, 0.25) is 0 Å². The third-order valence-electron chi connectivity index (χ3n) is 19.8. The van der Waals surface area contributed by atoms with Gasteiger partial charge < -0.3 is 4.98 Å². The Kier molecular flexibility index (Phi) is 31.6. The fraction of sp³-hybridized carbons (Fsp3) is 0.429. The molecule has 0 saturated heterocycles. The largest absolute Gasteiger partial charge is 0.310 e. The monoisotopic (exact) mass is 1520 g/mol. The van der Waals surface area contributed by atoms with Crippen molar-refractivity contribution in [3.8, 4) is 0 Å². The zero-order valence-corrected chi connectivity index (χ0v) is 72.9. The number of aromatic amines is 1. The van der Waals surface area contributed by atoms with Gasteiger partial charge in [-0.2, -0.15) is 0 Å². The summed E-state index contributed by atoms with van der Waals surface area (Å²) in [6.07, 6.45) is 9.25. The number of nitrogens with zero attached hydrogens (tertiary/aromatic N) is 13. The Bertz CT molecular complexity index is 4490. The van der Waals surface area contributed by atoms with Crippen LogP contribution in [0.15, 0.2) is 169 Å². The Morgan fingerprint density at radius 2 is 0.540 bits per heavy atom. The molecule has 0 aliphatic heterocycles. The van der Waals surface area contributed by atoms with Gasteiger partial charge in [-0.3, -0.25) is 39.7 Å². The van der Waals surface area contributed by atoms with Gasteiger partial charge in [-0.1, -0.05) is 230 Å². The van der Waals surface area contributed by atoms with E-state index in [0.29, 0.717) is 93.7 Å². The number of hydrogen-bond donors (Lipinski definition) is 1. The van der Waals surface area contributed by atoms with Crippen molar-refractivity contribution in [2.45, 2.75) is 277 Å². The van der Waals surface area contributed by atoms with Crippen molar-refractivity contribution in [3.05, 3.63) is 254 Å². The fourth-order valence-corrected chi connectivity index (χ4v) is 12.0. The Balaban J connectivity index is 0.000000165. The van der Waals surface area contributed by atoms with Gasteiger partial charge in [-0.05, 0) is 184 Å². The Labute approximate surface area is 673 Å². The van der Waals surface area contributed by atoms with Gasteiger partial charge >= 0.3 is 0 Å². The van der Waals surface area contributed by atoms with Gasteiger partial charge in [0.1, 0.15) is 17.5 Å². The van der Waals surface area contributed by atoms with Gasteiger partial charge in [0.2, 0.25) is 0 Å². The number of fused-ring (bicyclic) bond motifs is 7. The van der Waals surface area contributed by atoms with E-state index in [1.54, 1.807) is 6.20 Å². The van der Waals surface area contributed by atoms with Crippen molar-refractivity contribution >= 4 is 76.6 Å². The van der Waals surface area contributed by atoms with E-state index in [0.717, 1.165) is 95.0 Å². The first kappa shape index (κ1) is 88.3. The van der Waals surface area contributed by atoms with E-state index in [2.05, 4.69) is 377 Å². The number of hydrogen-bond acceptors (Lipinski definition) is 14. The lowest BCUT2D eigenvalue weighted by atomic mass is 10.0. The van der Waals surface area contributed by atoms with Crippen LogP contribution < -0.4 is 5.56 Å².